The Labute approximate surface area is 85.3 Å². The summed E-state index contributed by atoms with van der Waals surface area (Å²) in [5.74, 6) is 0.825. The standard InChI is InChI=1S/C12H14N2/c1-5-13-12(14(3)4)11-9-7-6-8-10(11)2/h1,6-9H,2-4H3. The van der Waals surface area contributed by atoms with Crippen LogP contribution in [0.5, 0.6) is 0 Å². The minimum Gasteiger partial charge on any atom is -0.362 e. The second kappa shape index (κ2) is 4.48. The molecule has 0 aromatic heterocycles. The van der Waals surface area contributed by atoms with Gasteiger partial charge < -0.3 is 4.90 Å². The first-order valence-corrected chi connectivity index (χ1v) is 4.43. The lowest BCUT2D eigenvalue weighted by Gasteiger charge is -2.16. The van der Waals surface area contributed by atoms with Crippen molar-refractivity contribution >= 4 is 5.84 Å². The van der Waals surface area contributed by atoms with Crippen molar-refractivity contribution in [2.75, 3.05) is 14.1 Å². The van der Waals surface area contributed by atoms with E-state index in [1.165, 1.54) is 5.56 Å². The van der Waals surface area contributed by atoms with E-state index in [9.17, 15) is 0 Å². The Bertz CT molecular complexity index is 384. The minimum absolute atomic E-state index is 0.825. The van der Waals surface area contributed by atoms with E-state index in [1.807, 2.05) is 50.2 Å². The van der Waals surface area contributed by atoms with Crippen molar-refractivity contribution in [1.29, 1.82) is 0 Å². The number of hydrogen-bond acceptors (Lipinski definition) is 1. The van der Waals surface area contributed by atoms with Gasteiger partial charge in [-0.25, -0.2) is 0 Å². The van der Waals surface area contributed by atoms with Crippen LogP contribution in [0.2, 0.25) is 0 Å². The molecule has 2 nitrogen and oxygen atoms in total. The molecular formula is C12H14N2. The molecule has 0 aliphatic rings. The molecule has 0 fully saturated rings. The average molecular weight is 186 g/mol. The van der Waals surface area contributed by atoms with Crippen molar-refractivity contribution in [2.45, 2.75) is 6.92 Å². The van der Waals surface area contributed by atoms with Crippen LogP contribution < -0.4 is 0 Å². The van der Waals surface area contributed by atoms with Crippen LogP contribution in [0.15, 0.2) is 29.3 Å². The topological polar surface area (TPSA) is 15.6 Å². The molecule has 0 aliphatic heterocycles. The fourth-order valence-corrected chi connectivity index (χ4v) is 1.29. The van der Waals surface area contributed by atoms with E-state index in [1.54, 1.807) is 0 Å². The van der Waals surface area contributed by atoms with Gasteiger partial charge in [-0.2, -0.15) is 4.99 Å². The van der Waals surface area contributed by atoms with E-state index in [-0.39, 0.29) is 0 Å². The Morgan fingerprint density at radius 3 is 2.50 bits per heavy atom. The Morgan fingerprint density at radius 2 is 2.00 bits per heavy atom. The van der Waals surface area contributed by atoms with Gasteiger partial charge in [-0.3, -0.25) is 0 Å². The van der Waals surface area contributed by atoms with Crippen LogP contribution >= 0.6 is 0 Å². The molecule has 72 valence electrons. The molecule has 0 bridgehead atoms. The Kier molecular flexibility index (Phi) is 3.30. The Balaban J connectivity index is 3.21. The molecule has 0 spiro atoms. The maximum Gasteiger partial charge on any atom is 0.146 e. The van der Waals surface area contributed by atoms with E-state index < -0.39 is 0 Å². The number of hydrogen-bond donors (Lipinski definition) is 0. The van der Waals surface area contributed by atoms with E-state index in [2.05, 4.69) is 11.0 Å². The van der Waals surface area contributed by atoms with Crippen molar-refractivity contribution in [3.63, 3.8) is 0 Å². The fourth-order valence-electron chi connectivity index (χ4n) is 1.29. The Morgan fingerprint density at radius 1 is 1.36 bits per heavy atom. The van der Waals surface area contributed by atoms with E-state index in [0.29, 0.717) is 0 Å². The molecular weight excluding hydrogens is 172 g/mol. The smallest absolute Gasteiger partial charge is 0.146 e. The third-order valence-corrected chi connectivity index (χ3v) is 1.98. The van der Waals surface area contributed by atoms with Gasteiger partial charge in [0.1, 0.15) is 5.84 Å². The summed E-state index contributed by atoms with van der Waals surface area (Å²) in [7, 11) is 3.87. The molecule has 0 amide bonds. The molecule has 0 radical (unpaired) electrons. The van der Waals surface area contributed by atoms with E-state index >= 15 is 0 Å². The summed E-state index contributed by atoms with van der Waals surface area (Å²) >= 11 is 0. The molecule has 0 atom stereocenters. The average Bonchev–Trinajstić information content (AvgIpc) is 2.15. The van der Waals surface area contributed by atoms with Gasteiger partial charge in [0.05, 0.1) is 0 Å². The highest BCUT2D eigenvalue weighted by atomic mass is 15.1. The molecule has 0 heterocycles. The largest absolute Gasteiger partial charge is 0.362 e. The summed E-state index contributed by atoms with van der Waals surface area (Å²) < 4.78 is 0. The molecule has 0 unspecified atom stereocenters. The van der Waals surface area contributed by atoms with Gasteiger partial charge in [-0.05, 0) is 12.5 Å². The first kappa shape index (κ1) is 10.3. The van der Waals surface area contributed by atoms with Gasteiger partial charge in [0.15, 0.2) is 0 Å². The van der Waals surface area contributed by atoms with Crippen LogP contribution in [0, 0.1) is 19.4 Å². The molecule has 1 aromatic rings. The van der Waals surface area contributed by atoms with Crippen molar-refractivity contribution in [1.82, 2.24) is 4.90 Å². The fraction of sp³-hybridized carbons (Fsp3) is 0.250. The zero-order valence-corrected chi connectivity index (χ0v) is 8.78. The van der Waals surface area contributed by atoms with Crippen LogP contribution in [-0.4, -0.2) is 24.8 Å². The van der Waals surface area contributed by atoms with Crippen molar-refractivity contribution in [3.05, 3.63) is 35.4 Å². The lowest BCUT2D eigenvalue weighted by Crippen LogP contribution is -2.23. The highest BCUT2D eigenvalue weighted by molar-refractivity contribution is 6.00. The molecule has 2 heteroatoms. The molecule has 0 saturated heterocycles. The summed E-state index contributed by atoms with van der Waals surface area (Å²) in [5, 5.41) is 0. The molecule has 1 rings (SSSR count). The van der Waals surface area contributed by atoms with Crippen molar-refractivity contribution in [3.8, 4) is 12.5 Å². The third kappa shape index (κ3) is 2.14. The van der Waals surface area contributed by atoms with Gasteiger partial charge in [0, 0.05) is 25.7 Å². The van der Waals surface area contributed by atoms with Crippen LogP contribution in [0.3, 0.4) is 0 Å². The monoisotopic (exact) mass is 186 g/mol. The van der Waals surface area contributed by atoms with Gasteiger partial charge in [-0.1, -0.05) is 30.7 Å². The van der Waals surface area contributed by atoms with Crippen LogP contribution in [0.25, 0.3) is 0 Å². The first-order valence-electron chi connectivity index (χ1n) is 4.43. The summed E-state index contributed by atoms with van der Waals surface area (Å²) in [5.41, 5.74) is 2.26. The van der Waals surface area contributed by atoms with E-state index in [0.717, 1.165) is 11.4 Å². The highest BCUT2D eigenvalue weighted by Crippen LogP contribution is 2.09. The predicted octanol–water partition coefficient (Wildman–Crippen LogP) is 1.89. The van der Waals surface area contributed by atoms with Crippen LogP contribution in [0.4, 0.5) is 0 Å². The number of benzene rings is 1. The number of amidine groups is 1. The molecule has 0 N–H and O–H groups in total. The quantitative estimate of drug-likeness (QED) is 0.371. The second-order valence-corrected chi connectivity index (χ2v) is 3.27. The molecule has 14 heavy (non-hydrogen) atoms. The van der Waals surface area contributed by atoms with Gasteiger partial charge in [0.25, 0.3) is 0 Å². The van der Waals surface area contributed by atoms with Gasteiger partial charge in [0.2, 0.25) is 0 Å². The molecule has 0 aliphatic carbocycles. The zero-order chi connectivity index (χ0) is 10.6. The maximum atomic E-state index is 5.19. The lowest BCUT2D eigenvalue weighted by atomic mass is 10.1. The number of terminal acetylenes is 1. The van der Waals surface area contributed by atoms with Gasteiger partial charge >= 0.3 is 0 Å². The zero-order valence-electron chi connectivity index (χ0n) is 8.78. The Hall–Kier alpha value is -1.75. The summed E-state index contributed by atoms with van der Waals surface area (Å²) in [6.45, 7) is 2.05. The molecule has 1 aromatic carbocycles. The number of nitrogens with zero attached hydrogens (tertiary/aromatic N) is 2. The van der Waals surface area contributed by atoms with Crippen molar-refractivity contribution in [2.24, 2.45) is 4.99 Å². The summed E-state index contributed by atoms with van der Waals surface area (Å²) in [4.78, 5) is 5.94. The summed E-state index contributed by atoms with van der Waals surface area (Å²) in [6.07, 6.45) is 5.19. The third-order valence-electron chi connectivity index (χ3n) is 1.98. The summed E-state index contributed by atoms with van der Waals surface area (Å²) in [6, 6.07) is 10.4. The predicted molar refractivity (Wildman–Crippen MR) is 60.2 cm³/mol. The van der Waals surface area contributed by atoms with E-state index in [4.69, 9.17) is 6.42 Å². The second-order valence-electron chi connectivity index (χ2n) is 3.27. The number of rotatable bonds is 1. The normalized spacial score (nSPS) is 10.9. The number of aryl methyl sites for hydroxylation is 1. The number of aliphatic imine (C=N–C) groups is 1. The highest BCUT2D eigenvalue weighted by Gasteiger charge is 2.07. The lowest BCUT2D eigenvalue weighted by molar-refractivity contribution is 0.624. The maximum absolute atomic E-state index is 5.19. The SMILES string of the molecule is C#CN=C(c1ccccc1C)N(C)C. The van der Waals surface area contributed by atoms with Gasteiger partial charge in [-0.15, -0.1) is 0 Å². The van der Waals surface area contributed by atoms with Crippen LogP contribution in [0.1, 0.15) is 11.1 Å². The minimum atomic E-state index is 0.825. The molecule has 0 saturated carbocycles. The van der Waals surface area contributed by atoms with Crippen molar-refractivity contribution < 1.29 is 0 Å². The van der Waals surface area contributed by atoms with Crippen LogP contribution in [-0.2, 0) is 0 Å². The first-order chi connectivity index (χ1) is 6.66.